The number of benzene rings is 2. The molecule has 0 amide bonds. The molecule has 2 aromatic rings. The van der Waals surface area contributed by atoms with Gasteiger partial charge in [-0.15, -0.1) is 0 Å². The molecule has 0 radical (unpaired) electrons. The molecule has 3 heteroatoms. The molecule has 2 nitrogen and oxygen atoms in total. The lowest BCUT2D eigenvalue weighted by Crippen LogP contribution is -2.03. The third kappa shape index (κ3) is 3.97. The Kier molecular flexibility index (Phi) is 4.59. The van der Waals surface area contributed by atoms with Crippen LogP contribution in [0.1, 0.15) is 16.7 Å². The molecule has 0 bridgehead atoms. The second-order valence-corrected chi connectivity index (χ2v) is 4.98. The molecule has 0 fully saturated rings. The van der Waals surface area contributed by atoms with Crippen LogP contribution >= 0.6 is 11.6 Å². The largest absolute Gasteiger partial charge is 0.423 e. The van der Waals surface area contributed by atoms with Crippen molar-refractivity contribution in [2.75, 3.05) is 0 Å². The Morgan fingerprint density at radius 2 is 1.80 bits per heavy atom. The summed E-state index contributed by atoms with van der Waals surface area (Å²) >= 11 is 5.92. The zero-order valence-corrected chi connectivity index (χ0v) is 12.1. The van der Waals surface area contributed by atoms with Gasteiger partial charge in [0.25, 0.3) is 0 Å². The highest BCUT2D eigenvalue weighted by molar-refractivity contribution is 6.31. The van der Waals surface area contributed by atoms with Crippen LogP contribution in [0, 0.1) is 13.8 Å². The van der Waals surface area contributed by atoms with Crippen LogP contribution in [-0.2, 0) is 4.79 Å². The smallest absolute Gasteiger partial charge is 0.336 e. The average Bonchev–Trinajstić information content (AvgIpc) is 2.42. The number of carbonyl (C=O) groups excluding carboxylic acids is 1. The number of rotatable bonds is 3. The van der Waals surface area contributed by atoms with E-state index in [9.17, 15) is 4.79 Å². The summed E-state index contributed by atoms with van der Waals surface area (Å²) < 4.78 is 5.21. The van der Waals surface area contributed by atoms with Crippen LogP contribution in [0.5, 0.6) is 5.75 Å². The molecule has 0 N–H and O–H groups in total. The molecule has 0 saturated carbocycles. The van der Waals surface area contributed by atoms with E-state index in [-0.39, 0.29) is 0 Å². The van der Waals surface area contributed by atoms with Gasteiger partial charge in [-0.25, -0.2) is 4.79 Å². The molecule has 0 atom stereocenters. The van der Waals surface area contributed by atoms with Crippen LogP contribution in [0.25, 0.3) is 6.08 Å². The van der Waals surface area contributed by atoms with Crippen LogP contribution in [0.15, 0.2) is 48.5 Å². The first-order valence-corrected chi connectivity index (χ1v) is 6.65. The molecule has 2 rings (SSSR count). The fraction of sp³-hybridized carbons (Fsp3) is 0.118. The van der Waals surface area contributed by atoms with Gasteiger partial charge in [0.2, 0.25) is 0 Å². The van der Waals surface area contributed by atoms with Crippen molar-refractivity contribution in [3.05, 3.63) is 70.3 Å². The molecule has 0 heterocycles. The molecular weight excluding hydrogens is 272 g/mol. The Morgan fingerprint density at radius 3 is 2.45 bits per heavy atom. The molecule has 2 aromatic carbocycles. The third-order valence-corrected chi connectivity index (χ3v) is 3.26. The minimum Gasteiger partial charge on any atom is -0.423 e. The minimum atomic E-state index is -0.410. The molecule has 0 aromatic heterocycles. The molecule has 0 unspecified atom stereocenters. The van der Waals surface area contributed by atoms with E-state index in [0.29, 0.717) is 10.8 Å². The predicted octanol–water partition coefficient (Wildman–Crippen LogP) is 4.58. The summed E-state index contributed by atoms with van der Waals surface area (Å²) in [5.41, 5.74) is 3.01. The number of hydrogen-bond acceptors (Lipinski definition) is 2. The molecule has 0 aliphatic heterocycles. The van der Waals surface area contributed by atoms with Gasteiger partial charge >= 0.3 is 5.97 Å². The van der Waals surface area contributed by atoms with Crippen molar-refractivity contribution in [2.45, 2.75) is 13.8 Å². The highest BCUT2D eigenvalue weighted by atomic mass is 35.5. The molecule has 0 spiro atoms. The maximum Gasteiger partial charge on any atom is 0.336 e. The number of hydrogen-bond donors (Lipinski definition) is 0. The first kappa shape index (κ1) is 14.4. The summed E-state index contributed by atoms with van der Waals surface area (Å²) in [6.07, 6.45) is 3.14. The van der Waals surface area contributed by atoms with Gasteiger partial charge in [-0.2, -0.15) is 0 Å². The monoisotopic (exact) mass is 286 g/mol. The Balaban J connectivity index is 2.01. The first-order valence-electron chi connectivity index (χ1n) is 6.27. The lowest BCUT2D eigenvalue weighted by atomic mass is 10.1. The molecule has 102 valence electrons. The Labute approximate surface area is 123 Å². The van der Waals surface area contributed by atoms with E-state index in [1.165, 1.54) is 11.6 Å². The van der Waals surface area contributed by atoms with Crippen LogP contribution < -0.4 is 4.74 Å². The van der Waals surface area contributed by atoms with Crippen molar-refractivity contribution >= 4 is 23.6 Å². The van der Waals surface area contributed by atoms with Gasteiger partial charge < -0.3 is 4.74 Å². The van der Waals surface area contributed by atoms with Crippen molar-refractivity contribution in [1.82, 2.24) is 0 Å². The van der Waals surface area contributed by atoms with Crippen molar-refractivity contribution < 1.29 is 9.53 Å². The number of halogens is 1. The second-order valence-electron chi connectivity index (χ2n) is 4.58. The van der Waals surface area contributed by atoms with Crippen molar-refractivity contribution in [1.29, 1.82) is 0 Å². The predicted molar refractivity (Wildman–Crippen MR) is 82.0 cm³/mol. The molecule has 0 aliphatic rings. The quantitative estimate of drug-likeness (QED) is 0.469. The highest BCUT2D eigenvalue weighted by Gasteiger charge is 2.02. The third-order valence-electron chi connectivity index (χ3n) is 2.84. The SMILES string of the molecule is Cc1ccc(C=CC(=O)Oc2ccc(Cl)c(C)c2)cc1. The number of aryl methyl sites for hydroxylation is 2. The van der Waals surface area contributed by atoms with Gasteiger partial charge in [-0.05, 0) is 49.2 Å². The Bertz CT molecular complexity index is 643. The summed E-state index contributed by atoms with van der Waals surface area (Å²) in [6.45, 7) is 3.88. The Morgan fingerprint density at radius 1 is 1.10 bits per heavy atom. The topological polar surface area (TPSA) is 26.3 Å². The number of esters is 1. The van der Waals surface area contributed by atoms with E-state index < -0.39 is 5.97 Å². The van der Waals surface area contributed by atoms with E-state index in [1.54, 1.807) is 24.3 Å². The highest BCUT2D eigenvalue weighted by Crippen LogP contribution is 2.21. The maximum absolute atomic E-state index is 11.7. The van der Waals surface area contributed by atoms with E-state index in [2.05, 4.69) is 0 Å². The van der Waals surface area contributed by atoms with Gasteiger partial charge in [0.05, 0.1) is 0 Å². The summed E-state index contributed by atoms with van der Waals surface area (Å²) in [5, 5.41) is 0.653. The fourth-order valence-electron chi connectivity index (χ4n) is 1.67. The lowest BCUT2D eigenvalue weighted by molar-refractivity contribution is -0.128. The van der Waals surface area contributed by atoms with Crippen molar-refractivity contribution in [3.8, 4) is 5.75 Å². The second kappa shape index (κ2) is 6.40. The van der Waals surface area contributed by atoms with Crippen molar-refractivity contribution in [3.63, 3.8) is 0 Å². The average molecular weight is 287 g/mol. The normalized spacial score (nSPS) is 10.8. The summed E-state index contributed by atoms with van der Waals surface area (Å²) in [4.78, 5) is 11.7. The van der Waals surface area contributed by atoms with E-state index in [4.69, 9.17) is 16.3 Å². The zero-order chi connectivity index (χ0) is 14.5. The van der Waals surface area contributed by atoms with E-state index >= 15 is 0 Å². The summed E-state index contributed by atoms with van der Waals surface area (Å²) in [6, 6.07) is 13.0. The Hall–Kier alpha value is -2.06. The van der Waals surface area contributed by atoms with Gasteiger partial charge in [-0.3, -0.25) is 0 Å². The summed E-state index contributed by atoms with van der Waals surface area (Å²) in [7, 11) is 0. The van der Waals surface area contributed by atoms with Crippen molar-refractivity contribution in [2.24, 2.45) is 0 Å². The van der Waals surface area contributed by atoms with Crippen LogP contribution in [0.3, 0.4) is 0 Å². The van der Waals surface area contributed by atoms with E-state index in [0.717, 1.165) is 11.1 Å². The van der Waals surface area contributed by atoms with Gasteiger partial charge in [0.1, 0.15) is 5.75 Å². The van der Waals surface area contributed by atoms with E-state index in [1.807, 2.05) is 38.1 Å². The fourth-order valence-corrected chi connectivity index (χ4v) is 1.79. The molecule has 0 aliphatic carbocycles. The van der Waals surface area contributed by atoms with Gasteiger partial charge in [-0.1, -0.05) is 41.4 Å². The number of ether oxygens (including phenoxy) is 1. The molecule has 20 heavy (non-hydrogen) atoms. The van der Waals surface area contributed by atoms with Crippen LogP contribution in [0.2, 0.25) is 5.02 Å². The number of carbonyl (C=O) groups is 1. The standard InChI is InChI=1S/C17H15ClO2/c1-12-3-5-14(6-4-12)7-10-17(19)20-15-8-9-16(18)13(2)11-15/h3-11H,1-2H3. The van der Waals surface area contributed by atoms with Gasteiger partial charge in [0, 0.05) is 11.1 Å². The molecular formula is C17H15ClO2. The minimum absolute atomic E-state index is 0.410. The first-order chi connectivity index (χ1) is 9.54. The van der Waals surface area contributed by atoms with Gasteiger partial charge in [0.15, 0.2) is 0 Å². The van der Waals surface area contributed by atoms with Crippen LogP contribution in [-0.4, -0.2) is 5.97 Å². The van der Waals surface area contributed by atoms with Crippen LogP contribution in [0.4, 0.5) is 0 Å². The summed E-state index contributed by atoms with van der Waals surface area (Å²) in [5.74, 6) is 0.0813. The maximum atomic E-state index is 11.7. The lowest BCUT2D eigenvalue weighted by Gasteiger charge is -2.03. The molecule has 0 saturated heterocycles. The zero-order valence-electron chi connectivity index (χ0n) is 11.4.